The van der Waals surface area contributed by atoms with E-state index in [4.69, 9.17) is 5.41 Å². The van der Waals surface area contributed by atoms with Crippen molar-refractivity contribution in [1.29, 1.82) is 0 Å². The minimum Gasteiger partial charge on any atom is -1.00 e. The molecule has 0 heterocycles. The van der Waals surface area contributed by atoms with Crippen molar-refractivity contribution in [3.8, 4) is 0 Å². The monoisotopic (exact) mass is 263 g/mol. The van der Waals surface area contributed by atoms with E-state index in [9.17, 15) is 0 Å². The van der Waals surface area contributed by atoms with E-state index >= 15 is 0 Å². The average molecular weight is 264 g/mol. The molecule has 2 rings (SSSR count). The Morgan fingerprint density at radius 2 is 1.41 bits per heavy atom. The van der Waals surface area contributed by atoms with Crippen LogP contribution in [-0.2, 0) is 6.42 Å². The molecule has 0 aliphatic heterocycles. The average Bonchev–Trinajstić information content (AvgIpc) is 2.31. The van der Waals surface area contributed by atoms with Gasteiger partial charge in [0.2, 0.25) is 5.04 Å². The fourth-order valence-electron chi connectivity index (χ4n) is 1.47. The first-order valence-corrected chi connectivity index (χ1v) is 6.04. The number of hydrogen-bond donors (Lipinski definition) is 1. The maximum absolute atomic E-state index is 6.02. The van der Waals surface area contributed by atoms with Crippen molar-refractivity contribution in [2.75, 3.05) is 0 Å². The van der Waals surface area contributed by atoms with E-state index in [2.05, 4.69) is 24.3 Å². The Bertz CT molecular complexity index is 413. The van der Waals surface area contributed by atoms with Crippen molar-refractivity contribution >= 4 is 16.8 Å². The summed E-state index contributed by atoms with van der Waals surface area (Å²) in [6.07, 6.45) is 0.820. The molecule has 3 heteroatoms. The molecule has 0 radical (unpaired) electrons. The van der Waals surface area contributed by atoms with Crippen molar-refractivity contribution in [2.24, 2.45) is 0 Å². The third-order valence-electron chi connectivity index (χ3n) is 2.21. The van der Waals surface area contributed by atoms with E-state index in [-0.39, 0.29) is 12.4 Å². The Morgan fingerprint density at radius 1 is 0.882 bits per heavy atom. The summed E-state index contributed by atoms with van der Waals surface area (Å²) in [6, 6.07) is 20.5. The second kappa shape index (κ2) is 7.15. The van der Waals surface area contributed by atoms with Crippen molar-refractivity contribution in [3.05, 3.63) is 66.2 Å². The van der Waals surface area contributed by atoms with E-state index in [1.165, 1.54) is 10.5 Å². The molecule has 0 saturated heterocycles. The summed E-state index contributed by atoms with van der Waals surface area (Å²) in [5.74, 6) is 0. The first-order chi connectivity index (χ1) is 7.84. The highest BCUT2D eigenvalue weighted by atomic mass is 35.5. The standard InChI is InChI=1S/C14H13NS.ClH/c15-14(11-12-7-3-1-4-8-12)16-13-9-5-2-6-10-13;/h1-10,15H,11H2;1H. The van der Waals surface area contributed by atoms with Gasteiger partial charge in [-0.1, -0.05) is 48.5 Å². The maximum atomic E-state index is 6.02. The maximum Gasteiger partial charge on any atom is 0.216 e. The van der Waals surface area contributed by atoms with Crippen LogP contribution in [-0.4, -0.2) is 5.04 Å². The second-order valence-electron chi connectivity index (χ2n) is 3.54. The molecule has 2 aromatic carbocycles. The van der Waals surface area contributed by atoms with E-state index in [0.717, 1.165) is 11.5 Å². The lowest BCUT2D eigenvalue weighted by Gasteiger charge is -1.99. The zero-order chi connectivity index (χ0) is 11.2. The molecule has 0 bridgehead atoms. The SMILES string of the molecule is [Cl-].[NH2+]=C(Cc1ccccc1)Sc1ccccc1. The van der Waals surface area contributed by atoms with Gasteiger partial charge < -0.3 is 12.4 Å². The van der Waals surface area contributed by atoms with Gasteiger partial charge in [-0.25, -0.2) is 0 Å². The smallest absolute Gasteiger partial charge is 0.216 e. The van der Waals surface area contributed by atoms with Crippen LogP contribution in [0.25, 0.3) is 0 Å². The van der Waals surface area contributed by atoms with Crippen LogP contribution in [0.5, 0.6) is 0 Å². The lowest BCUT2D eigenvalue weighted by atomic mass is 10.2. The van der Waals surface area contributed by atoms with Crippen LogP contribution >= 0.6 is 11.8 Å². The molecule has 2 aromatic rings. The van der Waals surface area contributed by atoms with Gasteiger partial charge in [0, 0.05) is 4.90 Å². The Balaban J connectivity index is 0.00000144. The van der Waals surface area contributed by atoms with Gasteiger partial charge in [0.1, 0.15) is 0 Å². The van der Waals surface area contributed by atoms with Gasteiger partial charge in [0.25, 0.3) is 0 Å². The molecule has 0 fully saturated rings. The number of halogens is 1. The summed E-state index contributed by atoms with van der Waals surface area (Å²) in [7, 11) is 0. The van der Waals surface area contributed by atoms with Gasteiger partial charge in [-0.2, -0.15) is 0 Å². The molecule has 0 unspecified atom stereocenters. The van der Waals surface area contributed by atoms with Crippen LogP contribution in [0.1, 0.15) is 5.56 Å². The predicted molar refractivity (Wildman–Crippen MR) is 69.4 cm³/mol. The van der Waals surface area contributed by atoms with Gasteiger partial charge in [0.05, 0.1) is 6.42 Å². The van der Waals surface area contributed by atoms with Crippen molar-refractivity contribution < 1.29 is 17.8 Å². The fourth-order valence-corrected chi connectivity index (χ4v) is 2.31. The molecule has 0 aliphatic rings. The minimum absolute atomic E-state index is 0. The molecule has 0 aliphatic carbocycles. The molecule has 0 atom stereocenters. The van der Waals surface area contributed by atoms with Crippen molar-refractivity contribution in [2.45, 2.75) is 11.3 Å². The van der Waals surface area contributed by atoms with Crippen LogP contribution in [0.3, 0.4) is 0 Å². The fraction of sp³-hybridized carbons (Fsp3) is 0.0714. The Kier molecular flexibility index (Phi) is 5.81. The molecule has 1 nitrogen and oxygen atoms in total. The first-order valence-electron chi connectivity index (χ1n) is 5.23. The third-order valence-corrected chi connectivity index (χ3v) is 3.13. The topological polar surface area (TPSA) is 25.6 Å². The van der Waals surface area contributed by atoms with Gasteiger partial charge >= 0.3 is 0 Å². The van der Waals surface area contributed by atoms with E-state index in [1.54, 1.807) is 11.8 Å². The molecule has 17 heavy (non-hydrogen) atoms. The summed E-state index contributed by atoms with van der Waals surface area (Å²) in [5, 5.41) is 6.95. The Morgan fingerprint density at radius 3 is 2.00 bits per heavy atom. The predicted octanol–water partition coefficient (Wildman–Crippen LogP) is -0.817. The van der Waals surface area contributed by atoms with Gasteiger partial charge in [0.15, 0.2) is 0 Å². The lowest BCUT2D eigenvalue weighted by Crippen LogP contribution is -3.00. The number of rotatable bonds is 3. The van der Waals surface area contributed by atoms with E-state index in [0.29, 0.717) is 0 Å². The van der Waals surface area contributed by atoms with Gasteiger partial charge in [-0.15, -0.1) is 0 Å². The molecule has 0 spiro atoms. The minimum atomic E-state index is 0. The molecular formula is C14H14ClNS. The third kappa shape index (κ3) is 4.63. The summed E-state index contributed by atoms with van der Waals surface area (Å²) >= 11 is 1.63. The van der Waals surface area contributed by atoms with Crippen LogP contribution in [0.4, 0.5) is 0 Å². The molecule has 88 valence electrons. The van der Waals surface area contributed by atoms with Crippen LogP contribution in [0.2, 0.25) is 0 Å². The number of thioether (sulfide) groups is 1. The van der Waals surface area contributed by atoms with Crippen LogP contribution in [0.15, 0.2) is 65.6 Å². The molecular weight excluding hydrogens is 250 g/mol. The molecule has 0 saturated carbocycles. The van der Waals surface area contributed by atoms with Crippen molar-refractivity contribution in [1.82, 2.24) is 0 Å². The molecule has 0 aromatic heterocycles. The van der Waals surface area contributed by atoms with Crippen molar-refractivity contribution in [3.63, 3.8) is 0 Å². The largest absolute Gasteiger partial charge is 1.00 e. The highest BCUT2D eigenvalue weighted by molar-refractivity contribution is 8.13. The number of benzene rings is 2. The number of nitrogens with two attached hydrogens (primary N) is 1. The lowest BCUT2D eigenvalue weighted by molar-refractivity contribution is -0.110. The normalized spacial score (nSPS) is 9.41. The quantitative estimate of drug-likeness (QED) is 0.437. The highest BCUT2D eigenvalue weighted by Gasteiger charge is 2.06. The van der Waals surface area contributed by atoms with Gasteiger partial charge in [-0.05, 0) is 29.5 Å². The zero-order valence-corrected chi connectivity index (χ0v) is 10.9. The Labute approximate surface area is 112 Å². The zero-order valence-electron chi connectivity index (χ0n) is 9.34. The Hall–Kier alpha value is -1.25. The highest BCUT2D eigenvalue weighted by Crippen LogP contribution is 2.18. The first kappa shape index (κ1) is 13.8. The van der Waals surface area contributed by atoms with Crippen LogP contribution < -0.4 is 17.8 Å². The summed E-state index contributed by atoms with van der Waals surface area (Å²) < 4.78 is 0. The summed E-state index contributed by atoms with van der Waals surface area (Å²) in [4.78, 5) is 1.19. The molecule has 2 N–H and O–H groups in total. The van der Waals surface area contributed by atoms with Gasteiger partial charge in [-0.3, -0.25) is 5.41 Å². The van der Waals surface area contributed by atoms with E-state index in [1.807, 2.05) is 36.4 Å². The van der Waals surface area contributed by atoms with E-state index < -0.39 is 0 Å². The van der Waals surface area contributed by atoms with Crippen LogP contribution in [0, 0.1) is 0 Å². The number of hydrogen-bond acceptors (Lipinski definition) is 1. The summed E-state index contributed by atoms with van der Waals surface area (Å²) in [5.41, 5.74) is 1.25. The molecule has 0 amide bonds. The second-order valence-corrected chi connectivity index (χ2v) is 4.74. The summed E-state index contributed by atoms with van der Waals surface area (Å²) in [6.45, 7) is 0.